The maximum atomic E-state index is 10.6. The SMILES string of the molecule is Br.N[C@@H](Cc1cc(I)c(O)c(I)c1)C(=O)O. The van der Waals surface area contributed by atoms with Gasteiger partial charge in [-0.25, -0.2) is 0 Å². The Labute approximate surface area is 131 Å². The van der Waals surface area contributed by atoms with Crippen LogP contribution in [0.1, 0.15) is 5.56 Å². The quantitative estimate of drug-likeness (QED) is 0.541. The Morgan fingerprint density at radius 1 is 1.38 bits per heavy atom. The van der Waals surface area contributed by atoms with Crippen molar-refractivity contribution in [3.05, 3.63) is 24.8 Å². The van der Waals surface area contributed by atoms with E-state index in [9.17, 15) is 9.90 Å². The second kappa shape index (κ2) is 6.97. The molecule has 16 heavy (non-hydrogen) atoms. The first-order valence-corrected chi connectivity index (χ1v) is 6.23. The topological polar surface area (TPSA) is 83.5 Å². The van der Waals surface area contributed by atoms with E-state index in [-0.39, 0.29) is 29.2 Å². The van der Waals surface area contributed by atoms with Crippen LogP contribution in [0, 0.1) is 7.14 Å². The predicted octanol–water partition coefficient (Wildman–Crippen LogP) is 2.13. The number of phenolic OH excluding ortho intramolecular Hbond substituents is 1. The highest BCUT2D eigenvalue weighted by atomic mass is 127. The number of hydrogen-bond acceptors (Lipinski definition) is 3. The number of aromatic hydroxyl groups is 1. The maximum absolute atomic E-state index is 10.6. The zero-order chi connectivity index (χ0) is 11.6. The van der Waals surface area contributed by atoms with Crippen LogP contribution in [0.25, 0.3) is 0 Å². The van der Waals surface area contributed by atoms with Gasteiger partial charge in [0.1, 0.15) is 11.8 Å². The number of phenols is 1. The fourth-order valence-electron chi connectivity index (χ4n) is 1.08. The number of hydrogen-bond donors (Lipinski definition) is 3. The molecular weight excluding hydrogens is 504 g/mol. The van der Waals surface area contributed by atoms with E-state index in [0.29, 0.717) is 7.14 Å². The van der Waals surface area contributed by atoms with Crippen molar-refractivity contribution in [2.75, 3.05) is 0 Å². The average Bonchev–Trinajstić information content (AvgIpc) is 2.13. The molecule has 0 amide bonds. The first-order valence-electron chi connectivity index (χ1n) is 4.07. The third-order valence-corrected chi connectivity index (χ3v) is 3.49. The Morgan fingerprint density at radius 3 is 2.19 bits per heavy atom. The van der Waals surface area contributed by atoms with E-state index in [4.69, 9.17) is 10.8 Å². The minimum atomic E-state index is -1.02. The Morgan fingerprint density at radius 2 is 1.81 bits per heavy atom. The van der Waals surface area contributed by atoms with Gasteiger partial charge in [-0.05, 0) is 69.3 Å². The van der Waals surface area contributed by atoms with E-state index in [1.807, 2.05) is 45.2 Å². The first kappa shape index (κ1) is 16.4. The molecule has 0 spiro atoms. The lowest BCUT2D eigenvalue weighted by atomic mass is 10.1. The van der Waals surface area contributed by atoms with Crippen LogP contribution in [0.4, 0.5) is 0 Å². The summed E-state index contributed by atoms with van der Waals surface area (Å²) in [5, 5.41) is 18.2. The maximum Gasteiger partial charge on any atom is 0.320 e. The molecule has 0 bridgehead atoms. The summed E-state index contributed by atoms with van der Waals surface area (Å²) in [5.74, 6) is -0.795. The summed E-state index contributed by atoms with van der Waals surface area (Å²) in [4.78, 5) is 10.6. The molecule has 0 aliphatic carbocycles. The second-order valence-electron chi connectivity index (χ2n) is 3.06. The lowest BCUT2D eigenvalue weighted by Gasteiger charge is -2.08. The minimum Gasteiger partial charge on any atom is -0.506 e. The van der Waals surface area contributed by atoms with Gasteiger partial charge in [0.05, 0.1) is 7.14 Å². The van der Waals surface area contributed by atoms with Crippen LogP contribution >= 0.6 is 62.2 Å². The van der Waals surface area contributed by atoms with E-state index < -0.39 is 12.0 Å². The van der Waals surface area contributed by atoms with Crippen molar-refractivity contribution in [1.29, 1.82) is 0 Å². The van der Waals surface area contributed by atoms with Gasteiger partial charge >= 0.3 is 5.97 Å². The molecule has 0 aliphatic heterocycles. The van der Waals surface area contributed by atoms with Crippen molar-refractivity contribution in [2.45, 2.75) is 12.5 Å². The van der Waals surface area contributed by atoms with Crippen molar-refractivity contribution >= 4 is 68.1 Å². The molecule has 1 rings (SSSR count). The first-order chi connectivity index (χ1) is 6.91. The molecule has 0 fully saturated rings. The van der Waals surface area contributed by atoms with Gasteiger partial charge in [0.25, 0.3) is 0 Å². The van der Waals surface area contributed by atoms with E-state index in [1.165, 1.54) is 0 Å². The second-order valence-corrected chi connectivity index (χ2v) is 5.38. The van der Waals surface area contributed by atoms with Crippen LogP contribution < -0.4 is 5.73 Å². The molecule has 0 radical (unpaired) electrons. The molecule has 0 heterocycles. The van der Waals surface area contributed by atoms with Crippen LogP contribution in [-0.2, 0) is 11.2 Å². The smallest absolute Gasteiger partial charge is 0.320 e. The third-order valence-electron chi connectivity index (χ3n) is 1.85. The number of carboxylic acids is 1. The highest BCUT2D eigenvalue weighted by Gasteiger charge is 2.14. The standard InChI is InChI=1S/C9H9I2NO3.BrH/c10-5-1-4(2-6(11)8(5)13)3-7(12)9(14)15;/h1-2,7,13H,3,12H2,(H,14,15);1H/t7-;/m0./s1. The van der Waals surface area contributed by atoms with Gasteiger partial charge < -0.3 is 15.9 Å². The van der Waals surface area contributed by atoms with Gasteiger partial charge in [-0.1, -0.05) is 0 Å². The van der Waals surface area contributed by atoms with Crippen molar-refractivity contribution in [3.63, 3.8) is 0 Å². The number of aliphatic carboxylic acids is 1. The van der Waals surface area contributed by atoms with Gasteiger partial charge in [-0.2, -0.15) is 0 Å². The fourth-order valence-corrected chi connectivity index (χ4v) is 2.97. The number of carbonyl (C=O) groups is 1. The zero-order valence-electron chi connectivity index (χ0n) is 7.98. The van der Waals surface area contributed by atoms with Crippen LogP contribution in [0.2, 0.25) is 0 Å². The van der Waals surface area contributed by atoms with Crippen LogP contribution in [0.3, 0.4) is 0 Å². The minimum absolute atomic E-state index is 0. The van der Waals surface area contributed by atoms with Gasteiger partial charge in [-0.15, -0.1) is 17.0 Å². The molecule has 1 atom stereocenters. The summed E-state index contributed by atoms with van der Waals surface area (Å²) in [6, 6.07) is 2.57. The van der Waals surface area contributed by atoms with E-state index in [1.54, 1.807) is 12.1 Å². The number of benzene rings is 1. The Kier molecular flexibility index (Phi) is 7.14. The molecule has 1 aromatic rings. The molecule has 0 unspecified atom stereocenters. The van der Waals surface area contributed by atoms with Crippen molar-refractivity contribution in [2.24, 2.45) is 5.73 Å². The number of carboxylic acid groups (broad SMARTS) is 1. The normalized spacial score (nSPS) is 11.7. The fraction of sp³-hybridized carbons (Fsp3) is 0.222. The van der Waals surface area contributed by atoms with Crippen LogP contribution in [0.5, 0.6) is 5.75 Å². The molecule has 0 saturated heterocycles. The highest BCUT2D eigenvalue weighted by molar-refractivity contribution is 14.1. The molecule has 4 N–H and O–H groups in total. The van der Waals surface area contributed by atoms with Crippen molar-refractivity contribution in [1.82, 2.24) is 0 Å². The van der Waals surface area contributed by atoms with E-state index in [0.717, 1.165) is 5.56 Å². The van der Waals surface area contributed by atoms with Crippen LogP contribution in [0.15, 0.2) is 12.1 Å². The molecule has 7 heteroatoms. The molecule has 0 aromatic heterocycles. The molecule has 90 valence electrons. The molecule has 0 saturated carbocycles. The summed E-state index contributed by atoms with van der Waals surface area (Å²) < 4.78 is 1.40. The van der Waals surface area contributed by atoms with Gasteiger partial charge in [0.2, 0.25) is 0 Å². The average molecular weight is 514 g/mol. The number of halogens is 3. The van der Waals surface area contributed by atoms with Crippen molar-refractivity contribution < 1.29 is 15.0 Å². The summed E-state index contributed by atoms with van der Waals surface area (Å²) in [7, 11) is 0. The molecule has 1 aromatic carbocycles. The summed E-state index contributed by atoms with van der Waals surface area (Å²) in [5.41, 5.74) is 6.24. The predicted molar refractivity (Wildman–Crippen MR) is 83.2 cm³/mol. The zero-order valence-corrected chi connectivity index (χ0v) is 14.0. The lowest BCUT2D eigenvalue weighted by molar-refractivity contribution is -0.138. The van der Waals surface area contributed by atoms with Gasteiger partial charge in [-0.3, -0.25) is 4.79 Å². The summed E-state index contributed by atoms with van der Waals surface area (Å²) in [6.45, 7) is 0. The highest BCUT2D eigenvalue weighted by Crippen LogP contribution is 2.27. The van der Waals surface area contributed by atoms with Gasteiger partial charge in [0.15, 0.2) is 0 Å². The van der Waals surface area contributed by atoms with Crippen LogP contribution in [-0.4, -0.2) is 22.2 Å². The Hall–Kier alpha value is 0.390. The number of rotatable bonds is 3. The molecular formula is C9H10BrI2NO3. The lowest BCUT2D eigenvalue weighted by Crippen LogP contribution is -2.32. The summed E-state index contributed by atoms with van der Waals surface area (Å²) in [6.07, 6.45) is 0.265. The van der Waals surface area contributed by atoms with Crippen molar-refractivity contribution in [3.8, 4) is 5.75 Å². The van der Waals surface area contributed by atoms with Gasteiger partial charge in [0, 0.05) is 0 Å². The molecule has 0 aliphatic rings. The monoisotopic (exact) mass is 513 g/mol. The Bertz CT molecular complexity index is 377. The summed E-state index contributed by atoms with van der Waals surface area (Å²) >= 11 is 3.99. The molecule has 4 nitrogen and oxygen atoms in total. The largest absolute Gasteiger partial charge is 0.506 e. The third kappa shape index (κ3) is 4.34. The Balaban J connectivity index is 0.00000225. The number of nitrogens with two attached hydrogens (primary N) is 1. The van der Waals surface area contributed by atoms with E-state index >= 15 is 0 Å². The van der Waals surface area contributed by atoms with E-state index in [2.05, 4.69) is 0 Å².